The second kappa shape index (κ2) is 3.95. The molecule has 0 bridgehead atoms. The molecule has 0 unspecified atom stereocenters. The summed E-state index contributed by atoms with van der Waals surface area (Å²) in [6, 6.07) is 1.34. The van der Waals surface area contributed by atoms with Gasteiger partial charge in [0.05, 0.1) is 13.2 Å². The Hall–Kier alpha value is -0.120. The molecule has 1 atom stereocenters. The number of morpholine rings is 1. The predicted molar refractivity (Wildman–Crippen MR) is 52.9 cm³/mol. The molecule has 0 saturated carbocycles. The number of nitrogens with zero attached hydrogens (tertiary/aromatic N) is 2. The van der Waals surface area contributed by atoms with Crippen molar-refractivity contribution in [2.75, 3.05) is 39.4 Å². The van der Waals surface area contributed by atoms with Gasteiger partial charge in [-0.25, -0.2) is 0 Å². The average Bonchev–Trinajstić information content (AvgIpc) is 2.17. The summed E-state index contributed by atoms with van der Waals surface area (Å²) in [4.78, 5) is 5.12. The summed E-state index contributed by atoms with van der Waals surface area (Å²) in [5.41, 5.74) is 0. The van der Waals surface area contributed by atoms with E-state index < -0.39 is 0 Å². The topological polar surface area (TPSA) is 15.7 Å². The lowest BCUT2D eigenvalue weighted by Crippen LogP contribution is -2.59. The highest BCUT2D eigenvalue weighted by Crippen LogP contribution is 2.15. The maximum atomic E-state index is 5.50. The third-order valence-corrected chi connectivity index (χ3v) is 3.20. The van der Waals surface area contributed by atoms with E-state index in [0.29, 0.717) is 12.1 Å². The van der Waals surface area contributed by atoms with Crippen molar-refractivity contribution in [3.8, 4) is 0 Å². The summed E-state index contributed by atoms with van der Waals surface area (Å²) < 4.78 is 5.50. The minimum absolute atomic E-state index is 0.657. The maximum absolute atomic E-state index is 5.50. The number of hydrogen-bond donors (Lipinski definition) is 0. The normalized spacial score (nSPS) is 32.1. The summed E-state index contributed by atoms with van der Waals surface area (Å²) in [5, 5.41) is 0. The van der Waals surface area contributed by atoms with Crippen LogP contribution in [0.4, 0.5) is 0 Å². The number of fused-ring (bicyclic) bond motifs is 1. The smallest absolute Gasteiger partial charge is 0.0634 e. The Morgan fingerprint density at radius 2 is 2.08 bits per heavy atom. The fraction of sp³-hybridized carbons (Fsp3) is 1.00. The minimum Gasteiger partial charge on any atom is -0.378 e. The van der Waals surface area contributed by atoms with Crippen molar-refractivity contribution >= 4 is 0 Å². The number of piperazine rings is 1. The highest BCUT2D eigenvalue weighted by Gasteiger charge is 2.30. The second-order valence-corrected chi connectivity index (χ2v) is 4.35. The molecule has 0 spiro atoms. The molecule has 0 N–H and O–H groups in total. The Labute approximate surface area is 80.6 Å². The van der Waals surface area contributed by atoms with Crippen molar-refractivity contribution in [3.05, 3.63) is 0 Å². The van der Waals surface area contributed by atoms with E-state index >= 15 is 0 Å². The zero-order valence-electron chi connectivity index (χ0n) is 8.70. The lowest BCUT2D eigenvalue weighted by atomic mass is 10.1. The van der Waals surface area contributed by atoms with Crippen LogP contribution in [-0.2, 0) is 4.74 Å². The van der Waals surface area contributed by atoms with Gasteiger partial charge in [-0.2, -0.15) is 0 Å². The largest absolute Gasteiger partial charge is 0.378 e. The minimum atomic E-state index is 0.657. The molecule has 2 heterocycles. The molecule has 76 valence electrons. The van der Waals surface area contributed by atoms with E-state index in [1.54, 1.807) is 0 Å². The Morgan fingerprint density at radius 3 is 2.85 bits per heavy atom. The SMILES string of the molecule is CC(C)N1CCN2CCOC[C@H]2C1. The number of rotatable bonds is 1. The molecule has 2 fully saturated rings. The molecule has 0 aromatic heterocycles. The monoisotopic (exact) mass is 184 g/mol. The molecule has 2 aliphatic rings. The Morgan fingerprint density at radius 1 is 1.23 bits per heavy atom. The first-order valence-corrected chi connectivity index (χ1v) is 5.33. The highest BCUT2D eigenvalue weighted by molar-refractivity contribution is 4.85. The van der Waals surface area contributed by atoms with Crippen LogP contribution in [-0.4, -0.2) is 61.3 Å². The molecule has 3 nitrogen and oxygen atoms in total. The zero-order chi connectivity index (χ0) is 9.26. The number of hydrogen-bond acceptors (Lipinski definition) is 3. The average molecular weight is 184 g/mol. The van der Waals surface area contributed by atoms with Crippen LogP contribution < -0.4 is 0 Å². The lowest BCUT2D eigenvalue weighted by molar-refractivity contribution is -0.0501. The summed E-state index contributed by atoms with van der Waals surface area (Å²) in [6.45, 7) is 11.2. The molecule has 0 amide bonds. The van der Waals surface area contributed by atoms with Gasteiger partial charge in [0.2, 0.25) is 0 Å². The molecule has 2 saturated heterocycles. The third kappa shape index (κ3) is 2.03. The van der Waals surface area contributed by atoms with Crippen LogP contribution in [0, 0.1) is 0 Å². The van der Waals surface area contributed by atoms with Gasteiger partial charge in [0.1, 0.15) is 0 Å². The standard InChI is InChI=1S/C10H20N2O/c1-9(2)12-4-3-11-5-6-13-8-10(11)7-12/h9-10H,3-8H2,1-2H3/t10-/m1/s1. The lowest BCUT2D eigenvalue weighted by Gasteiger charge is -2.45. The summed E-state index contributed by atoms with van der Waals surface area (Å²) in [5.74, 6) is 0. The first-order valence-electron chi connectivity index (χ1n) is 5.33. The van der Waals surface area contributed by atoms with Gasteiger partial charge in [-0.15, -0.1) is 0 Å². The van der Waals surface area contributed by atoms with E-state index in [1.165, 1.54) is 19.6 Å². The number of ether oxygens (including phenoxy) is 1. The molecule has 13 heavy (non-hydrogen) atoms. The Bertz CT molecular complexity index is 172. The van der Waals surface area contributed by atoms with Crippen LogP contribution in [0.5, 0.6) is 0 Å². The molecule has 2 aliphatic heterocycles. The second-order valence-electron chi connectivity index (χ2n) is 4.35. The van der Waals surface area contributed by atoms with Crippen molar-refractivity contribution in [3.63, 3.8) is 0 Å². The van der Waals surface area contributed by atoms with E-state index in [1.807, 2.05) is 0 Å². The molecular weight excluding hydrogens is 164 g/mol. The zero-order valence-corrected chi connectivity index (χ0v) is 8.70. The van der Waals surface area contributed by atoms with Gasteiger partial charge in [0.25, 0.3) is 0 Å². The van der Waals surface area contributed by atoms with Crippen LogP contribution >= 0.6 is 0 Å². The summed E-state index contributed by atoms with van der Waals surface area (Å²) in [6.07, 6.45) is 0. The molecule has 3 heteroatoms. The van der Waals surface area contributed by atoms with Crippen LogP contribution in [0.1, 0.15) is 13.8 Å². The van der Waals surface area contributed by atoms with Gasteiger partial charge in [0, 0.05) is 38.3 Å². The molecule has 0 aliphatic carbocycles. The van der Waals surface area contributed by atoms with E-state index in [9.17, 15) is 0 Å². The summed E-state index contributed by atoms with van der Waals surface area (Å²) in [7, 11) is 0. The molecule has 0 aromatic carbocycles. The van der Waals surface area contributed by atoms with E-state index in [-0.39, 0.29) is 0 Å². The van der Waals surface area contributed by atoms with Crippen molar-refractivity contribution in [2.45, 2.75) is 25.9 Å². The van der Waals surface area contributed by atoms with Crippen molar-refractivity contribution < 1.29 is 4.74 Å². The molecule has 0 radical (unpaired) electrons. The van der Waals surface area contributed by atoms with Crippen molar-refractivity contribution in [1.29, 1.82) is 0 Å². The van der Waals surface area contributed by atoms with Gasteiger partial charge in [-0.05, 0) is 13.8 Å². The molecule has 0 aromatic rings. The fourth-order valence-corrected chi connectivity index (χ4v) is 2.24. The fourth-order valence-electron chi connectivity index (χ4n) is 2.24. The third-order valence-electron chi connectivity index (χ3n) is 3.20. The first kappa shape index (κ1) is 9.44. The van der Waals surface area contributed by atoms with Crippen LogP contribution in [0.25, 0.3) is 0 Å². The molecular formula is C10H20N2O. The van der Waals surface area contributed by atoms with E-state index in [2.05, 4.69) is 23.6 Å². The van der Waals surface area contributed by atoms with Gasteiger partial charge in [0.15, 0.2) is 0 Å². The Kier molecular flexibility index (Phi) is 2.86. The van der Waals surface area contributed by atoms with E-state index in [0.717, 1.165) is 19.8 Å². The maximum Gasteiger partial charge on any atom is 0.0634 e. The van der Waals surface area contributed by atoms with Gasteiger partial charge in [-0.3, -0.25) is 9.80 Å². The van der Waals surface area contributed by atoms with Crippen LogP contribution in [0.3, 0.4) is 0 Å². The van der Waals surface area contributed by atoms with Crippen molar-refractivity contribution in [1.82, 2.24) is 9.80 Å². The highest BCUT2D eigenvalue weighted by atomic mass is 16.5. The predicted octanol–water partition coefficient (Wildman–Crippen LogP) is 0.411. The van der Waals surface area contributed by atoms with Crippen LogP contribution in [0.15, 0.2) is 0 Å². The van der Waals surface area contributed by atoms with Gasteiger partial charge >= 0.3 is 0 Å². The first-order chi connectivity index (χ1) is 6.27. The van der Waals surface area contributed by atoms with Gasteiger partial charge < -0.3 is 4.74 Å². The molecule has 2 rings (SSSR count). The Balaban J connectivity index is 1.91. The van der Waals surface area contributed by atoms with Crippen molar-refractivity contribution in [2.24, 2.45) is 0 Å². The quantitative estimate of drug-likeness (QED) is 0.587. The van der Waals surface area contributed by atoms with Gasteiger partial charge in [-0.1, -0.05) is 0 Å². The van der Waals surface area contributed by atoms with Crippen LogP contribution in [0.2, 0.25) is 0 Å². The summed E-state index contributed by atoms with van der Waals surface area (Å²) >= 11 is 0. The van der Waals surface area contributed by atoms with E-state index in [4.69, 9.17) is 4.74 Å².